The number of carbonyl (C=O) groups is 2. The van der Waals surface area contributed by atoms with Crippen LogP contribution in [0.4, 0.5) is 0 Å². The Morgan fingerprint density at radius 1 is 1.21 bits per heavy atom. The maximum Gasteiger partial charge on any atom is 0.314 e. The molecule has 4 heteroatoms. The number of fused-ring (bicyclic) bond motifs is 2. The first-order chi connectivity index (χ1) is 8.91. The van der Waals surface area contributed by atoms with E-state index in [4.69, 9.17) is 4.74 Å². The lowest BCUT2D eigenvalue weighted by molar-refractivity contribution is -0.139. The lowest BCUT2D eigenvalue weighted by Gasteiger charge is -2.19. The number of esters is 1. The highest BCUT2D eigenvalue weighted by Crippen LogP contribution is 2.48. The van der Waals surface area contributed by atoms with Gasteiger partial charge in [0.2, 0.25) is 0 Å². The molecular weight excluding hydrogens is 244 g/mol. The largest absolute Gasteiger partial charge is 0.430 e. The van der Waals surface area contributed by atoms with Crippen molar-refractivity contribution in [3.05, 3.63) is 22.5 Å². The number of rotatable bonds is 0. The molecule has 3 aliphatic rings. The molecule has 0 spiro atoms. The lowest BCUT2D eigenvalue weighted by atomic mass is 9.86. The summed E-state index contributed by atoms with van der Waals surface area (Å²) in [6, 6.07) is 0. The van der Waals surface area contributed by atoms with Crippen LogP contribution in [0.3, 0.4) is 0 Å². The van der Waals surface area contributed by atoms with E-state index in [-0.39, 0.29) is 29.5 Å². The summed E-state index contributed by atoms with van der Waals surface area (Å²) in [4.78, 5) is 23.9. The van der Waals surface area contributed by atoms with Crippen molar-refractivity contribution >= 4 is 11.8 Å². The Morgan fingerprint density at radius 2 is 1.89 bits per heavy atom. The Kier molecular flexibility index (Phi) is 2.68. The predicted octanol–water partition coefficient (Wildman–Crippen LogP) is 1.74. The number of Topliss-reactive ketones (excluding diaryl/α,β-unsaturated/α-hetero) is 1. The topological polar surface area (TPSA) is 63.6 Å². The molecule has 1 N–H and O–H groups in total. The SMILES string of the molecule is CC1=C2C(=O)CC(C)C2=C2OC(=O)[C@@H](C)[C@@H]2[C@@H](O)C1. The van der Waals surface area contributed by atoms with Crippen LogP contribution in [0.15, 0.2) is 22.5 Å². The number of ketones is 1. The lowest BCUT2D eigenvalue weighted by Crippen LogP contribution is -2.25. The van der Waals surface area contributed by atoms with E-state index < -0.39 is 6.10 Å². The molecule has 1 saturated carbocycles. The second-order valence-electron chi connectivity index (χ2n) is 5.97. The first-order valence-corrected chi connectivity index (χ1v) is 6.79. The second kappa shape index (κ2) is 4.04. The van der Waals surface area contributed by atoms with Gasteiger partial charge in [-0.25, -0.2) is 0 Å². The van der Waals surface area contributed by atoms with Crippen LogP contribution in [-0.2, 0) is 14.3 Å². The van der Waals surface area contributed by atoms with E-state index in [2.05, 4.69) is 0 Å². The number of ether oxygens (including phenoxy) is 1. The van der Waals surface area contributed by atoms with Crippen molar-refractivity contribution in [1.29, 1.82) is 0 Å². The molecule has 1 unspecified atom stereocenters. The van der Waals surface area contributed by atoms with Crippen molar-refractivity contribution in [3.8, 4) is 0 Å². The molecule has 2 aliphatic carbocycles. The summed E-state index contributed by atoms with van der Waals surface area (Å²) < 4.78 is 5.40. The van der Waals surface area contributed by atoms with Gasteiger partial charge >= 0.3 is 5.97 Å². The van der Waals surface area contributed by atoms with Crippen molar-refractivity contribution in [2.24, 2.45) is 17.8 Å². The molecule has 102 valence electrons. The molecule has 4 nitrogen and oxygen atoms in total. The highest BCUT2D eigenvalue weighted by molar-refractivity contribution is 6.04. The highest BCUT2D eigenvalue weighted by atomic mass is 16.5. The molecule has 0 aromatic heterocycles. The Bertz CT molecular complexity index is 540. The summed E-state index contributed by atoms with van der Waals surface area (Å²) in [5, 5.41) is 10.3. The van der Waals surface area contributed by atoms with Crippen molar-refractivity contribution in [2.45, 2.75) is 39.7 Å². The van der Waals surface area contributed by atoms with Crippen LogP contribution in [0.25, 0.3) is 0 Å². The van der Waals surface area contributed by atoms with Gasteiger partial charge in [-0.05, 0) is 19.3 Å². The van der Waals surface area contributed by atoms with Crippen LogP contribution < -0.4 is 0 Å². The third-order valence-corrected chi connectivity index (χ3v) is 4.58. The molecule has 3 rings (SSSR count). The molecule has 0 radical (unpaired) electrons. The van der Waals surface area contributed by atoms with Gasteiger partial charge in [-0.1, -0.05) is 19.4 Å². The van der Waals surface area contributed by atoms with E-state index in [1.807, 2.05) is 13.8 Å². The molecule has 0 amide bonds. The van der Waals surface area contributed by atoms with Crippen LogP contribution in [0.2, 0.25) is 0 Å². The number of hydrogen-bond donors (Lipinski definition) is 1. The Balaban J connectivity index is 2.23. The van der Waals surface area contributed by atoms with E-state index in [9.17, 15) is 14.7 Å². The zero-order valence-electron chi connectivity index (χ0n) is 11.4. The third-order valence-electron chi connectivity index (χ3n) is 4.58. The Labute approximate surface area is 112 Å². The average Bonchev–Trinajstić information content (AvgIpc) is 2.72. The predicted molar refractivity (Wildman–Crippen MR) is 67.9 cm³/mol. The number of hydrogen-bond acceptors (Lipinski definition) is 4. The minimum atomic E-state index is -0.651. The van der Waals surface area contributed by atoms with Crippen LogP contribution in [0, 0.1) is 17.8 Å². The molecule has 4 atom stereocenters. The van der Waals surface area contributed by atoms with Crippen LogP contribution >= 0.6 is 0 Å². The fraction of sp³-hybridized carbons (Fsp3) is 0.600. The average molecular weight is 262 g/mol. The first kappa shape index (κ1) is 12.6. The van der Waals surface area contributed by atoms with Gasteiger partial charge in [0, 0.05) is 17.6 Å². The van der Waals surface area contributed by atoms with Gasteiger partial charge < -0.3 is 9.84 Å². The zero-order valence-corrected chi connectivity index (χ0v) is 11.4. The van der Waals surface area contributed by atoms with Crippen molar-refractivity contribution in [3.63, 3.8) is 0 Å². The molecule has 1 heterocycles. The summed E-state index contributed by atoms with van der Waals surface area (Å²) in [5.74, 6) is -0.211. The summed E-state index contributed by atoms with van der Waals surface area (Å²) in [6.07, 6.45) is 0.259. The fourth-order valence-electron chi connectivity index (χ4n) is 3.64. The van der Waals surface area contributed by atoms with Crippen LogP contribution in [-0.4, -0.2) is 23.0 Å². The molecule has 1 saturated heterocycles. The van der Waals surface area contributed by atoms with Crippen LogP contribution in [0.1, 0.15) is 33.6 Å². The fourth-order valence-corrected chi connectivity index (χ4v) is 3.64. The van der Waals surface area contributed by atoms with Gasteiger partial charge in [0.1, 0.15) is 5.76 Å². The minimum Gasteiger partial charge on any atom is -0.430 e. The van der Waals surface area contributed by atoms with Gasteiger partial charge in [-0.15, -0.1) is 0 Å². The number of allylic oxidation sites excluding steroid dienone is 2. The summed E-state index contributed by atoms with van der Waals surface area (Å²) >= 11 is 0. The second-order valence-corrected chi connectivity index (χ2v) is 5.97. The van der Waals surface area contributed by atoms with E-state index in [1.165, 1.54) is 0 Å². The zero-order chi connectivity index (χ0) is 13.9. The molecule has 19 heavy (non-hydrogen) atoms. The standard InChI is InChI=1S/C15H18O4/c1-6-4-10(17)13-8(3)15(18)19-14(13)12-7(2)5-9(16)11(6)12/h7-8,10,13,17H,4-5H2,1-3H3/t7?,8-,10-,13+/m0/s1. The molecule has 2 fully saturated rings. The summed E-state index contributed by atoms with van der Waals surface area (Å²) in [5.41, 5.74) is 2.48. The first-order valence-electron chi connectivity index (χ1n) is 6.79. The maximum atomic E-state index is 12.1. The van der Waals surface area contributed by atoms with Crippen molar-refractivity contribution < 1.29 is 19.4 Å². The molecular formula is C15H18O4. The van der Waals surface area contributed by atoms with Gasteiger partial charge in [-0.3, -0.25) is 9.59 Å². The number of aliphatic hydroxyl groups is 1. The Morgan fingerprint density at radius 3 is 2.58 bits per heavy atom. The van der Waals surface area contributed by atoms with E-state index in [0.29, 0.717) is 24.2 Å². The Hall–Kier alpha value is -1.42. The third kappa shape index (κ3) is 1.62. The molecule has 0 bridgehead atoms. The quantitative estimate of drug-likeness (QED) is 0.675. The van der Waals surface area contributed by atoms with Gasteiger partial charge in [-0.2, -0.15) is 0 Å². The van der Waals surface area contributed by atoms with Gasteiger partial charge in [0.25, 0.3) is 0 Å². The highest BCUT2D eigenvalue weighted by Gasteiger charge is 2.49. The number of carbonyl (C=O) groups excluding carboxylic acids is 2. The number of aliphatic hydroxyl groups excluding tert-OH is 1. The van der Waals surface area contributed by atoms with E-state index >= 15 is 0 Å². The molecule has 0 aromatic rings. The smallest absolute Gasteiger partial charge is 0.314 e. The van der Waals surface area contributed by atoms with E-state index in [0.717, 1.165) is 11.1 Å². The van der Waals surface area contributed by atoms with Gasteiger partial charge in [0.15, 0.2) is 5.78 Å². The summed E-state index contributed by atoms with van der Waals surface area (Å²) in [6.45, 7) is 5.65. The molecule has 0 aromatic carbocycles. The van der Waals surface area contributed by atoms with Crippen LogP contribution in [0.5, 0.6) is 0 Å². The molecule has 1 aliphatic heterocycles. The maximum absolute atomic E-state index is 12.1. The van der Waals surface area contributed by atoms with Gasteiger partial charge in [0.05, 0.1) is 17.9 Å². The minimum absolute atomic E-state index is 0.0679. The van der Waals surface area contributed by atoms with Crippen molar-refractivity contribution in [1.82, 2.24) is 0 Å². The van der Waals surface area contributed by atoms with E-state index in [1.54, 1.807) is 6.92 Å². The monoisotopic (exact) mass is 262 g/mol. The summed E-state index contributed by atoms with van der Waals surface area (Å²) in [7, 11) is 0. The van der Waals surface area contributed by atoms with Crippen molar-refractivity contribution in [2.75, 3.05) is 0 Å². The normalized spacial score (nSPS) is 38.3.